The lowest BCUT2D eigenvalue weighted by Gasteiger charge is -2.06. The molecule has 0 spiro atoms. The molecule has 0 unspecified atom stereocenters. The van der Waals surface area contributed by atoms with Crippen LogP contribution < -0.4 is 5.32 Å². The number of halogens is 1. The van der Waals surface area contributed by atoms with E-state index in [2.05, 4.69) is 10.3 Å². The summed E-state index contributed by atoms with van der Waals surface area (Å²) in [6.07, 6.45) is 1.33. The molecule has 112 valence electrons. The van der Waals surface area contributed by atoms with Gasteiger partial charge in [-0.15, -0.1) is 11.3 Å². The summed E-state index contributed by atoms with van der Waals surface area (Å²) in [5, 5.41) is 14.5. The van der Waals surface area contributed by atoms with E-state index in [1.165, 1.54) is 23.5 Å². The van der Waals surface area contributed by atoms with Gasteiger partial charge in [-0.3, -0.25) is 4.79 Å². The highest BCUT2D eigenvalue weighted by atomic mass is 32.1. The van der Waals surface area contributed by atoms with Gasteiger partial charge in [-0.1, -0.05) is 6.07 Å². The summed E-state index contributed by atoms with van der Waals surface area (Å²) in [7, 11) is 0. The van der Waals surface area contributed by atoms with Crippen molar-refractivity contribution in [3.05, 3.63) is 46.2 Å². The molecule has 0 aliphatic carbocycles. The van der Waals surface area contributed by atoms with Crippen LogP contribution in [0.2, 0.25) is 0 Å². The lowest BCUT2D eigenvalue weighted by Crippen LogP contribution is -2.06. The van der Waals surface area contributed by atoms with Crippen molar-refractivity contribution in [3.8, 4) is 0 Å². The van der Waals surface area contributed by atoms with Crippen molar-refractivity contribution in [2.75, 3.05) is 11.9 Å². The molecule has 0 fully saturated rings. The van der Waals surface area contributed by atoms with Gasteiger partial charge in [-0.2, -0.15) is 0 Å². The number of aromatic nitrogens is 1. The van der Waals surface area contributed by atoms with Gasteiger partial charge < -0.3 is 10.4 Å². The van der Waals surface area contributed by atoms with Crippen molar-refractivity contribution in [2.45, 2.75) is 26.2 Å². The van der Waals surface area contributed by atoms with Crippen molar-refractivity contribution < 1.29 is 14.3 Å². The van der Waals surface area contributed by atoms with Gasteiger partial charge in [0.05, 0.1) is 12.1 Å². The summed E-state index contributed by atoms with van der Waals surface area (Å²) in [6.45, 7) is 2.60. The first-order valence-electron chi connectivity index (χ1n) is 6.69. The Balaban J connectivity index is 1.82. The van der Waals surface area contributed by atoms with Gasteiger partial charge in [0.1, 0.15) is 5.82 Å². The molecule has 0 radical (unpaired) electrons. The molecule has 0 amide bonds. The average molecular weight is 308 g/mol. The summed E-state index contributed by atoms with van der Waals surface area (Å²) >= 11 is 1.47. The number of aryl methyl sites for hydroxylation is 2. The summed E-state index contributed by atoms with van der Waals surface area (Å²) in [4.78, 5) is 14.8. The number of rotatable bonds is 7. The van der Waals surface area contributed by atoms with Gasteiger partial charge in [0.25, 0.3) is 0 Å². The number of hydrogen-bond acceptors (Lipinski definition) is 4. The second-order valence-electron chi connectivity index (χ2n) is 4.79. The Morgan fingerprint density at radius 1 is 1.43 bits per heavy atom. The predicted molar refractivity (Wildman–Crippen MR) is 81.4 cm³/mol. The fourth-order valence-corrected chi connectivity index (χ4v) is 2.76. The number of thiazole rings is 1. The van der Waals surface area contributed by atoms with Gasteiger partial charge in [0, 0.05) is 18.3 Å². The van der Waals surface area contributed by atoms with E-state index in [9.17, 15) is 9.18 Å². The maximum atomic E-state index is 13.0. The van der Waals surface area contributed by atoms with Crippen molar-refractivity contribution >= 4 is 22.4 Å². The molecule has 1 aromatic heterocycles. The molecule has 4 nitrogen and oxygen atoms in total. The van der Waals surface area contributed by atoms with Gasteiger partial charge in [0.15, 0.2) is 5.13 Å². The van der Waals surface area contributed by atoms with Crippen LogP contribution in [0.3, 0.4) is 0 Å². The van der Waals surface area contributed by atoms with Gasteiger partial charge in [-0.05, 0) is 36.6 Å². The van der Waals surface area contributed by atoms with E-state index in [-0.39, 0.29) is 12.2 Å². The Morgan fingerprint density at radius 2 is 2.24 bits per heavy atom. The Bertz CT molecular complexity index is 628. The number of carbonyl (C=O) groups is 1. The second kappa shape index (κ2) is 7.17. The van der Waals surface area contributed by atoms with Crippen LogP contribution in [0.4, 0.5) is 9.52 Å². The topological polar surface area (TPSA) is 62.2 Å². The van der Waals surface area contributed by atoms with Crippen LogP contribution in [0.15, 0.2) is 23.6 Å². The molecule has 0 atom stereocenters. The van der Waals surface area contributed by atoms with Crippen molar-refractivity contribution in [3.63, 3.8) is 0 Å². The van der Waals surface area contributed by atoms with Crippen molar-refractivity contribution in [1.29, 1.82) is 0 Å². The minimum Gasteiger partial charge on any atom is -0.481 e. The number of carboxylic acid groups (broad SMARTS) is 1. The molecule has 2 N–H and O–H groups in total. The monoisotopic (exact) mass is 308 g/mol. The van der Waals surface area contributed by atoms with Crippen molar-refractivity contribution in [1.82, 2.24) is 4.98 Å². The number of aliphatic carboxylic acids is 1. The molecule has 2 aromatic rings. The Hall–Kier alpha value is -1.95. The Morgan fingerprint density at radius 3 is 2.95 bits per heavy atom. The van der Waals surface area contributed by atoms with Gasteiger partial charge >= 0.3 is 5.97 Å². The summed E-state index contributed by atoms with van der Waals surface area (Å²) in [5.41, 5.74) is 2.84. The van der Waals surface area contributed by atoms with Crippen LogP contribution >= 0.6 is 11.3 Å². The van der Waals surface area contributed by atoms with Gasteiger partial charge in [0.2, 0.25) is 0 Å². The minimum absolute atomic E-state index is 0.0952. The van der Waals surface area contributed by atoms with Crippen LogP contribution in [0.5, 0.6) is 0 Å². The number of nitrogens with zero attached hydrogens (tertiary/aromatic N) is 1. The fraction of sp³-hybridized carbons (Fsp3) is 0.333. The number of hydrogen-bond donors (Lipinski definition) is 2. The van der Waals surface area contributed by atoms with E-state index in [4.69, 9.17) is 5.11 Å². The maximum Gasteiger partial charge on any atom is 0.303 e. The molecule has 21 heavy (non-hydrogen) atoms. The molecular weight excluding hydrogens is 291 g/mol. The van der Waals surface area contributed by atoms with E-state index in [0.29, 0.717) is 13.0 Å². The molecule has 2 rings (SSSR count). The predicted octanol–water partition coefficient (Wildman–Crippen LogP) is 3.26. The molecule has 0 bridgehead atoms. The van der Waals surface area contributed by atoms with Crippen LogP contribution in [-0.4, -0.2) is 22.6 Å². The maximum absolute atomic E-state index is 13.0. The van der Waals surface area contributed by atoms with Crippen LogP contribution in [0.25, 0.3) is 0 Å². The van der Waals surface area contributed by atoms with Crippen LogP contribution in [0, 0.1) is 12.7 Å². The van der Waals surface area contributed by atoms with E-state index < -0.39 is 5.97 Å². The first-order chi connectivity index (χ1) is 10.0. The molecule has 0 saturated heterocycles. The molecule has 1 aromatic carbocycles. The normalized spacial score (nSPS) is 10.6. The van der Waals surface area contributed by atoms with E-state index in [0.717, 1.165) is 28.4 Å². The lowest BCUT2D eigenvalue weighted by molar-refractivity contribution is -0.136. The number of carboxylic acids is 1. The highest BCUT2D eigenvalue weighted by Gasteiger charge is 2.05. The summed E-state index contributed by atoms with van der Waals surface area (Å²) in [5.74, 6) is -1.03. The molecule has 1 heterocycles. The smallest absolute Gasteiger partial charge is 0.303 e. The first-order valence-corrected chi connectivity index (χ1v) is 7.57. The SMILES string of the molecule is Cc1cc(F)ccc1CCNc1nc(CCC(=O)O)cs1. The summed E-state index contributed by atoms with van der Waals surface area (Å²) in [6, 6.07) is 4.80. The highest BCUT2D eigenvalue weighted by Crippen LogP contribution is 2.17. The zero-order valence-electron chi connectivity index (χ0n) is 11.7. The van der Waals surface area contributed by atoms with Gasteiger partial charge in [-0.25, -0.2) is 9.37 Å². The Kier molecular flexibility index (Phi) is 5.27. The lowest BCUT2D eigenvalue weighted by atomic mass is 10.1. The molecule has 0 saturated carbocycles. The van der Waals surface area contributed by atoms with Crippen molar-refractivity contribution in [2.24, 2.45) is 0 Å². The van der Waals surface area contributed by atoms with Crippen LogP contribution in [-0.2, 0) is 17.6 Å². The standard InChI is InChI=1S/C15H17FN2O2S/c1-10-8-12(16)3-2-11(10)6-7-17-15-18-13(9-21-15)4-5-14(19)20/h2-3,8-9H,4-7H2,1H3,(H,17,18)(H,19,20). The average Bonchev–Trinajstić information content (AvgIpc) is 2.87. The number of benzene rings is 1. The molecule has 6 heteroatoms. The minimum atomic E-state index is -0.815. The third-order valence-electron chi connectivity index (χ3n) is 3.12. The summed E-state index contributed by atoms with van der Waals surface area (Å²) < 4.78 is 13.0. The third kappa shape index (κ3) is 4.82. The number of nitrogens with one attached hydrogen (secondary N) is 1. The third-order valence-corrected chi connectivity index (χ3v) is 3.97. The zero-order chi connectivity index (χ0) is 15.2. The number of anilines is 1. The van der Waals surface area contributed by atoms with E-state index in [1.807, 2.05) is 12.3 Å². The Labute approximate surface area is 126 Å². The highest BCUT2D eigenvalue weighted by molar-refractivity contribution is 7.13. The fourth-order valence-electron chi connectivity index (χ4n) is 1.98. The molecule has 0 aliphatic heterocycles. The molecular formula is C15H17FN2O2S. The first kappa shape index (κ1) is 15.4. The second-order valence-corrected chi connectivity index (χ2v) is 5.64. The largest absolute Gasteiger partial charge is 0.481 e. The molecule has 0 aliphatic rings. The quantitative estimate of drug-likeness (QED) is 0.824. The van der Waals surface area contributed by atoms with E-state index in [1.54, 1.807) is 6.07 Å². The van der Waals surface area contributed by atoms with E-state index >= 15 is 0 Å². The van der Waals surface area contributed by atoms with Crippen LogP contribution in [0.1, 0.15) is 23.2 Å². The zero-order valence-corrected chi connectivity index (χ0v) is 12.5.